The number of nitrogens with zero attached hydrogens (tertiary/aromatic N) is 1. The summed E-state index contributed by atoms with van der Waals surface area (Å²) in [7, 11) is 4.42. The molecular formula is C11H22N2. The van der Waals surface area contributed by atoms with Crippen LogP contribution in [0.5, 0.6) is 0 Å². The van der Waals surface area contributed by atoms with Crippen LogP contribution in [0.2, 0.25) is 0 Å². The van der Waals surface area contributed by atoms with Gasteiger partial charge < -0.3 is 10.2 Å². The van der Waals surface area contributed by atoms with Gasteiger partial charge in [0.2, 0.25) is 0 Å². The summed E-state index contributed by atoms with van der Waals surface area (Å²) in [6.45, 7) is 0. The molecule has 2 rings (SSSR count). The molecule has 0 spiro atoms. The molecule has 0 aromatic heterocycles. The Balaban J connectivity index is 1.69. The van der Waals surface area contributed by atoms with Gasteiger partial charge in [-0.05, 0) is 52.6 Å². The van der Waals surface area contributed by atoms with E-state index in [0.717, 1.165) is 18.1 Å². The molecule has 2 nitrogen and oxygen atoms in total. The van der Waals surface area contributed by atoms with Crippen LogP contribution in [0.3, 0.4) is 0 Å². The van der Waals surface area contributed by atoms with E-state index in [1.165, 1.54) is 38.5 Å². The lowest BCUT2D eigenvalue weighted by Crippen LogP contribution is -2.40. The Morgan fingerprint density at radius 1 is 0.846 bits per heavy atom. The second-order valence-corrected chi connectivity index (χ2v) is 4.91. The molecule has 0 radical (unpaired) electrons. The van der Waals surface area contributed by atoms with Crippen LogP contribution < -0.4 is 5.32 Å². The molecule has 0 unspecified atom stereocenters. The lowest BCUT2D eigenvalue weighted by molar-refractivity contribution is 0.204. The molecule has 2 aliphatic rings. The van der Waals surface area contributed by atoms with Gasteiger partial charge in [-0.15, -0.1) is 0 Å². The van der Waals surface area contributed by atoms with Gasteiger partial charge in [0.25, 0.3) is 0 Å². The van der Waals surface area contributed by atoms with Crippen LogP contribution in [-0.2, 0) is 0 Å². The summed E-state index contributed by atoms with van der Waals surface area (Å²) in [6, 6.07) is 2.57. The van der Waals surface area contributed by atoms with Gasteiger partial charge in [0.05, 0.1) is 0 Å². The van der Waals surface area contributed by atoms with Gasteiger partial charge in [-0.25, -0.2) is 0 Å². The Morgan fingerprint density at radius 2 is 1.31 bits per heavy atom. The first-order valence-corrected chi connectivity index (χ1v) is 5.68. The third kappa shape index (κ3) is 2.68. The summed E-state index contributed by atoms with van der Waals surface area (Å²) in [5.41, 5.74) is 0. The highest BCUT2D eigenvalue weighted by molar-refractivity contribution is 4.88. The summed E-state index contributed by atoms with van der Waals surface area (Å²) in [5, 5.41) is 3.73. The van der Waals surface area contributed by atoms with Crippen molar-refractivity contribution in [3.05, 3.63) is 0 Å². The zero-order chi connectivity index (χ0) is 9.26. The second-order valence-electron chi connectivity index (χ2n) is 4.91. The summed E-state index contributed by atoms with van der Waals surface area (Å²) >= 11 is 0. The van der Waals surface area contributed by atoms with E-state index in [-0.39, 0.29) is 0 Å². The Morgan fingerprint density at radius 3 is 1.69 bits per heavy atom. The maximum atomic E-state index is 3.73. The Kier molecular flexibility index (Phi) is 2.89. The molecule has 1 N–H and O–H groups in total. The molecule has 0 aromatic carbocycles. The monoisotopic (exact) mass is 182 g/mol. The number of rotatable bonds is 3. The molecule has 0 heterocycles. The minimum atomic E-state index is 0.837. The highest BCUT2D eigenvalue weighted by Crippen LogP contribution is 2.26. The Bertz CT molecular complexity index is 155. The average molecular weight is 182 g/mol. The summed E-state index contributed by atoms with van der Waals surface area (Å²) in [5.74, 6) is 0. The van der Waals surface area contributed by atoms with Crippen molar-refractivity contribution in [1.29, 1.82) is 0 Å². The molecule has 76 valence electrons. The molecule has 0 saturated heterocycles. The fourth-order valence-electron chi connectivity index (χ4n) is 2.34. The first-order chi connectivity index (χ1) is 6.25. The molecule has 0 amide bonds. The van der Waals surface area contributed by atoms with Gasteiger partial charge in [0.1, 0.15) is 0 Å². The van der Waals surface area contributed by atoms with E-state index in [4.69, 9.17) is 0 Å². The van der Waals surface area contributed by atoms with Crippen molar-refractivity contribution < 1.29 is 0 Å². The SMILES string of the molecule is CN(C)C1CCC(NC2CC2)CC1. The third-order valence-corrected chi connectivity index (χ3v) is 3.48. The van der Waals surface area contributed by atoms with Gasteiger partial charge in [0.15, 0.2) is 0 Å². The van der Waals surface area contributed by atoms with E-state index in [2.05, 4.69) is 24.3 Å². The second kappa shape index (κ2) is 3.97. The standard InChI is InChI=1S/C11H22N2/c1-13(2)11-7-5-10(6-8-11)12-9-3-4-9/h9-12H,3-8H2,1-2H3. The van der Waals surface area contributed by atoms with E-state index < -0.39 is 0 Å². The number of hydrogen-bond donors (Lipinski definition) is 1. The van der Waals surface area contributed by atoms with Gasteiger partial charge in [0, 0.05) is 18.1 Å². The van der Waals surface area contributed by atoms with Crippen molar-refractivity contribution in [2.75, 3.05) is 14.1 Å². The fourth-order valence-corrected chi connectivity index (χ4v) is 2.34. The van der Waals surface area contributed by atoms with Crippen LogP contribution in [0, 0.1) is 0 Å². The lowest BCUT2D eigenvalue weighted by atomic mass is 9.90. The predicted molar refractivity (Wildman–Crippen MR) is 55.9 cm³/mol. The maximum Gasteiger partial charge on any atom is 0.00903 e. The minimum Gasteiger partial charge on any atom is -0.311 e. The van der Waals surface area contributed by atoms with Crippen LogP contribution >= 0.6 is 0 Å². The Labute approximate surface area is 81.7 Å². The number of nitrogens with one attached hydrogen (secondary N) is 1. The number of hydrogen-bond acceptors (Lipinski definition) is 2. The normalized spacial score (nSPS) is 35.3. The fraction of sp³-hybridized carbons (Fsp3) is 1.00. The molecule has 0 aliphatic heterocycles. The average Bonchev–Trinajstić information content (AvgIpc) is 2.89. The van der Waals surface area contributed by atoms with Crippen molar-refractivity contribution in [2.24, 2.45) is 0 Å². The largest absolute Gasteiger partial charge is 0.311 e. The third-order valence-electron chi connectivity index (χ3n) is 3.48. The van der Waals surface area contributed by atoms with Gasteiger partial charge >= 0.3 is 0 Å². The van der Waals surface area contributed by atoms with E-state index in [0.29, 0.717) is 0 Å². The summed E-state index contributed by atoms with van der Waals surface area (Å²) < 4.78 is 0. The van der Waals surface area contributed by atoms with Crippen LogP contribution in [0.25, 0.3) is 0 Å². The first-order valence-electron chi connectivity index (χ1n) is 5.68. The first kappa shape index (κ1) is 9.47. The molecule has 13 heavy (non-hydrogen) atoms. The topological polar surface area (TPSA) is 15.3 Å². The minimum absolute atomic E-state index is 0.837. The molecule has 2 aliphatic carbocycles. The van der Waals surface area contributed by atoms with E-state index in [9.17, 15) is 0 Å². The van der Waals surface area contributed by atoms with Crippen molar-refractivity contribution in [3.63, 3.8) is 0 Å². The van der Waals surface area contributed by atoms with Crippen LogP contribution in [0.1, 0.15) is 38.5 Å². The summed E-state index contributed by atoms with van der Waals surface area (Å²) in [4.78, 5) is 2.38. The molecule has 2 fully saturated rings. The quantitative estimate of drug-likeness (QED) is 0.713. The highest BCUT2D eigenvalue weighted by Gasteiger charge is 2.28. The van der Waals surface area contributed by atoms with Gasteiger partial charge in [-0.1, -0.05) is 0 Å². The van der Waals surface area contributed by atoms with E-state index in [1.807, 2.05) is 0 Å². The highest BCUT2D eigenvalue weighted by atomic mass is 15.1. The zero-order valence-corrected chi connectivity index (χ0v) is 8.92. The van der Waals surface area contributed by atoms with Crippen LogP contribution in [0.15, 0.2) is 0 Å². The lowest BCUT2D eigenvalue weighted by Gasteiger charge is -2.33. The van der Waals surface area contributed by atoms with Crippen molar-refractivity contribution in [1.82, 2.24) is 10.2 Å². The van der Waals surface area contributed by atoms with E-state index >= 15 is 0 Å². The molecule has 0 bridgehead atoms. The maximum absolute atomic E-state index is 3.73. The summed E-state index contributed by atoms with van der Waals surface area (Å²) in [6.07, 6.45) is 8.40. The van der Waals surface area contributed by atoms with Crippen LogP contribution in [0.4, 0.5) is 0 Å². The molecule has 0 atom stereocenters. The van der Waals surface area contributed by atoms with Gasteiger partial charge in [-0.2, -0.15) is 0 Å². The smallest absolute Gasteiger partial charge is 0.00903 e. The molecular weight excluding hydrogens is 160 g/mol. The van der Waals surface area contributed by atoms with Crippen molar-refractivity contribution >= 4 is 0 Å². The van der Waals surface area contributed by atoms with Crippen molar-refractivity contribution in [3.8, 4) is 0 Å². The predicted octanol–water partition coefficient (Wildman–Crippen LogP) is 1.61. The van der Waals surface area contributed by atoms with Crippen LogP contribution in [-0.4, -0.2) is 37.1 Å². The molecule has 2 saturated carbocycles. The van der Waals surface area contributed by atoms with Crippen molar-refractivity contribution in [2.45, 2.75) is 56.7 Å². The van der Waals surface area contributed by atoms with Gasteiger partial charge in [-0.3, -0.25) is 0 Å². The van der Waals surface area contributed by atoms with E-state index in [1.54, 1.807) is 0 Å². The zero-order valence-electron chi connectivity index (χ0n) is 8.92. The molecule has 0 aromatic rings. The Hall–Kier alpha value is -0.0800. The molecule has 2 heteroatoms.